The van der Waals surface area contributed by atoms with Crippen LogP contribution in [0.3, 0.4) is 0 Å². The number of carbonyl (C=O) groups is 2. The molecular formula is C37H42FNO6. The Kier molecular flexibility index (Phi) is 8.14. The Bertz CT molecular complexity index is 1700. The molecule has 0 bridgehead atoms. The number of fused-ring (bicyclic) bond motifs is 3. The van der Waals surface area contributed by atoms with Crippen LogP contribution in [0, 0.1) is 26.6 Å². The molecule has 1 N–H and O–H groups in total. The van der Waals surface area contributed by atoms with Crippen molar-refractivity contribution >= 4 is 11.9 Å². The lowest BCUT2D eigenvalue weighted by atomic mass is 9.79. The highest BCUT2D eigenvalue weighted by Crippen LogP contribution is 2.46. The Hall–Kier alpha value is -3.91. The van der Waals surface area contributed by atoms with Gasteiger partial charge in [-0.3, -0.25) is 4.79 Å². The third kappa shape index (κ3) is 5.58. The maximum Gasteiger partial charge on any atom is 0.337 e. The minimum atomic E-state index is -1.27. The number of aliphatic carboxylic acids is 1. The number of hydrogen-bond acceptors (Lipinski definition) is 5. The van der Waals surface area contributed by atoms with Gasteiger partial charge in [0.25, 0.3) is 5.91 Å². The fourth-order valence-electron chi connectivity index (χ4n) is 7.37. The van der Waals surface area contributed by atoms with Crippen LogP contribution in [0.1, 0.15) is 88.2 Å². The van der Waals surface area contributed by atoms with Gasteiger partial charge in [-0.1, -0.05) is 12.1 Å². The molecule has 3 aliphatic heterocycles. The lowest BCUT2D eigenvalue weighted by Gasteiger charge is -2.31. The van der Waals surface area contributed by atoms with Gasteiger partial charge in [-0.05, 0) is 124 Å². The van der Waals surface area contributed by atoms with Gasteiger partial charge in [-0.2, -0.15) is 0 Å². The van der Waals surface area contributed by atoms with E-state index in [9.17, 15) is 14.7 Å². The third-order valence-electron chi connectivity index (χ3n) is 9.48. The van der Waals surface area contributed by atoms with Crippen LogP contribution in [0.2, 0.25) is 0 Å². The van der Waals surface area contributed by atoms with Gasteiger partial charge >= 0.3 is 5.97 Å². The summed E-state index contributed by atoms with van der Waals surface area (Å²) >= 11 is 0. The van der Waals surface area contributed by atoms with Crippen LogP contribution >= 0.6 is 0 Å². The molecule has 0 saturated heterocycles. The van der Waals surface area contributed by atoms with E-state index in [1.165, 1.54) is 6.07 Å². The van der Waals surface area contributed by atoms with Crippen molar-refractivity contribution in [3.05, 3.63) is 80.2 Å². The molecule has 0 spiro atoms. The first-order valence-electron chi connectivity index (χ1n) is 15.9. The quantitative estimate of drug-likeness (QED) is 0.338. The van der Waals surface area contributed by atoms with Crippen LogP contribution in [0.4, 0.5) is 4.39 Å². The summed E-state index contributed by atoms with van der Waals surface area (Å²) in [6.07, 6.45) is 2.14. The van der Waals surface area contributed by atoms with Crippen LogP contribution < -0.4 is 9.47 Å². The maximum absolute atomic E-state index is 15.7. The summed E-state index contributed by atoms with van der Waals surface area (Å²) in [5.41, 5.74) is 8.31. The Morgan fingerprint density at radius 1 is 0.911 bits per heavy atom. The van der Waals surface area contributed by atoms with Crippen molar-refractivity contribution < 1.29 is 33.3 Å². The largest absolute Gasteiger partial charge is 0.492 e. The first-order chi connectivity index (χ1) is 21.4. The normalized spacial score (nSPS) is 16.6. The van der Waals surface area contributed by atoms with E-state index in [0.29, 0.717) is 79.3 Å². The summed E-state index contributed by atoms with van der Waals surface area (Å²) in [7, 11) is 0. The van der Waals surface area contributed by atoms with Crippen molar-refractivity contribution in [1.82, 2.24) is 4.90 Å². The van der Waals surface area contributed by atoms with Crippen molar-refractivity contribution in [3.8, 4) is 22.6 Å². The van der Waals surface area contributed by atoms with E-state index in [2.05, 4.69) is 0 Å². The van der Waals surface area contributed by atoms with E-state index in [1.807, 2.05) is 64.6 Å². The molecule has 6 rings (SSSR count). The number of rotatable bonds is 5. The first-order valence-corrected chi connectivity index (χ1v) is 15.9. The van der Waals surface area contributed by atoms with Gasteiger partial charge in [0.2, 0.25) is 0 Å². The topological polar surface area (TPSA) is 85.3 Å². The second kappa shape index (κ2) is 11.8. The molecule has 8 heteroatoms. The molecule has 7 nitrogen and oxygen atoms in total. The molecule has 1 amide bonds. The molecule has 1 atom stereocenters. The number of carbonyl (C=O) groups excluding carboxylic acids is 1. The molecule has 0 unspecified atom stereocenters. The summed E-state index contributed by atoms with van der Waals surface area (Å²) < 4.78 is 33.5. The van der Waals surface area contributed by atoms with Crippen LogP contribution in [-0.2, 0) is 35.2 Å². The third-order valence-corrected chi connectivity index (χ3v) is 9.48. The predicted octanol–water partition coefficient (Wildman–Crippen LogP) is 6.86. The smallest absolute Gasteiger partial charge is 0.337 e. The summed E-state index contributed by atoms with van der Waals surface area (Å²) in [5.74, 6) is -0.639. The predicted molar refractivity (Wildman–Crippen MR) is 170 cm³/mol. The number of halogens is 1. The molecule has 0 radical (unpaired) electrons. The van der Waals surface area contributed by atoms with Gasteiger partial charge < -0.3 is 24.2 Å². The van der Waals surface area contributed by atoms with Gasteiger partial charge in [0.15, 0.2) is 17.7 Å². The highest BCUT2D eigenvalue weighted by molar-refractivity contribution is 5.97. The Morgan fingerprint density at radius 3 is 2.29 bits per heavy atom. The molecule has 0 aliphatic carbocycles. The molecule has 0 saturated carbocycles. The lowest BCUT2D eigenvalue weighted by Crippen LogP contribution is -2.33. The first kappa shape index (κ1) is 31.1. The van der Waals surface area contributed by atoms with Gasteiger partial charge in [0, 0.05) is 30.6 Å². The average molecular weight is 616 g/mol. The number of para-hydroxylation sites is 1. The van der Waals surface area contributed by atoms with Gasteiger partial charge in [0.05, 0.1) is 24.4 Å². The van der Waals surface area contributed by atoms with Crippen molar-refractivity contribution in [2.24, 2.45) is 0 Å². The van der Waals surface area contributed by atoms with Gasteiger partial charge in [-0.25, -0.2) is 9.18 Å². The molecule has 238 valence electrons. The molecule has 3 aromatic carbocycles. The van der Waals surface area contributed by atoms with E-state index in [4.69, 9.17) is 14.2 Å². The summed E-state index contributed by atoms with van der Waals surface area (Å²) in [5, 5.41) is 10.6. The number of carboxylic acids is 1. The van der Waals surface area contributed by atoms with E-state index in [-0.39, 0.29) is 5.91 Å². The summed E-state index contributed by atoms with van der Waals surface area (Å²) in [4.78, 5) is 28.7. The zero-order valence-electron chi connectivity index (χ0n) is 27.1. The van der Waals surface area contributed by atoms with Crippen molar-refractivity contribution in [3.63, 3.8) is 0 Å². The average Bonchev–Trinajstić information content (AvgIpc) is 3.37. The highest BCUT2D eigenvalue weighted by atomic mass is 19.1. The maximum atomic E-state index is 15.7. The van der Waals surface area contributed by atoms with Gasteiger partial charge in [-0.15, -0.1) is 0 Å². The van der Waals surface area contributed by atoms with E-state index in [0.717, 1.165) is 51.8 Å². The molecule has 45 heavy (non-hydrogen) atoms. The summed E-state index contributed by atoms with van der Waals surface area (Å²) in [6.45, 7) is 13.4. The number of amides is 1. The molecule has 3 aromatic rings. The lowest BCUT2D eigenvalue weighted by molar-refractivity contribution is -0.160. The molecular weight excluding hydrogens is 573 g/mol. The number of benzene rings is 3. The van der Waals surface area contributed by atoms with E-state index < -0.39 is 23.5 Å². The monoisotopic (exact) mass is 615 g/mol. The molecule has 0 fully saturated rings. The zero-order valence-corrected chi connectivity index (χ0v) is 27.1. The number of ether oxygens (including phenoxy) is 3. The van der Waals surface area contributed by atoms with Crippen molar-refractivity contribution in [2.75, 3.05) is 26.3 Å². The van der Waals surface area contributed by atoms with E-state index in [1.54, 1.807) is 0 Å². The SMILES string of the molecule is Cc1c(-c2c(C)c3c(c(C)c2[C@H](OC(C)(C)C)C(=O)O)CCN(C(=O)c2cccc4c2OCC4)CC3)cc(F)c2c1CCCO2. The standard InChI is InChI=1S/C37H42FNO6/c1-20-26-11-8-17-43-33(26)29(38)19-28(20)30-21(2)24-12-15-39(35(40)27-10-7-9-23-14-18-44-32(23)27)16-13-25(24)22(3)31(30)34(36(41)42)45-37(4,5)6/h7,9-10,19,34H,8,11-18H2,1-6H3,(H,41,42)/t34-/m0/s1. The van der Waals surface area contributed by atoms with Crippen LogP contribution in [0.15, 0.2) is 24.3 Å². The highest BCUT2D eigenvalue weighted by Gasteiger charge is 2.36. The van der Waals surface area contributed by atoms with Crippen LogP contribution in [0.25, 0.3) is 11.1 Å². The number of nitrogens with zero attached hydrogens (tertiary/aromatic N) is 1. The Balaban J connectivity index is 1.50. The minimum Gasteiger partial charge on any atom is -0.492 e. The second-order valence-corrected chi connectivity index (χ2v) is 13.4. The second-order valence-electron chi connectivity index (χ2n) is 13.4. The molecule has 3 aliphatic rings. The van der Waals surface area contributed by atoms with Crippen LogP contribution in [-0.4, -0.2) is 53.8 Å². The van der Waals surface area contributed by atoms with Gasteiger partial charge in [0.1, 0.15) is 5.75 Å². The van der Waals surface area contributed by atoms with E-state index >= 15 is 4.39 Å². The number of hydrogen-bond donors (Lipinski definition) is 1. The number of carboxylic acid groups (broad SMARTS) is 1. The molecule has 0 aromatic heterocycles. The van der Waals surface area contributed by atoms with Crippen molar-refractivity contribution in [1.29, 1.82) is 0 Å². The fraction of sp³-hybridized carbons (Fsp3) is 0.459. The fourth-order valence-corrected chi connectivity index (χ4v) is 7.37. The zero-order chi connectivity index (χ0) is 32.2. The minimum absolute atomic E-state index is 0.0654. The van der Waals surface area contributed by atoms with Crippen molar-refractivity contribution in [2.45, 2.75) is 85.4 Å². The Labute approximate surface area is 264 Å². The summed E-state index contributed by atoms with van der Waals surface area (Å²) in [6, 6.07) is 7.24. The molecule has 3 heterocycles. The van der Waals surface area contributed by atoms with Crippen LogP contribution in [0.5, 0.6) is 11.5 Å². The Morgan fingerprint density at radius 2 is 1.60 bits per heavy atom.